The van der Waals surface area contributed by atoms with Crippen LogP contribution in [0.2, 0.25) is 0 Å². The van der Waals surface area contributed by atoms with Gasteiger partial charge in [0.05, 0.1) is 0 Å². The van der Waals surface area contributed by atoms with Crippen LogP contribution in [0.1, 0.15) is 6.42 Å². The van der Waals surface area contributed by atoms with E-state index in [0.29, 0.717) is 0 Å². The summed E-state index contributed by atoms with van der Waals surface area (Å²) in [4.78, 5) is 23.4. The van der Waals surface area contributed by atoms with Gasteiger partial charge in [0.15, 0.2) is 9.84 Å². The predicted molar refractivity (Wildman–Crippen MR) is 88.6 cm³/mol. The molecule has 0 fully saturated rings. The molecule has 23 heavy (non-hydrogen) atoms. The van der Waals surface area contributed by atoms with E-state index in [1.165, 1.54) is 10.6 Å². The zero-order valence-corrected chi connectivity index (χ0v) is 13.5. The summed E-state index contributed by atoms with van der Waals surface area (Å²) in [7, 11) is -3.59. The quantitative estimate of drug-likeness (QED) is 0.844. The largest absolute Gasteiger partial charge is 0.369 e. The number of nitrogens with zero attached hydrogens (tertiary/aromatic N) is 1. The lowest BCUT2D eigenvalue weighted by atomic mass is 10.1. The second kappa shape index (κ2) is 6.78. The maximum atomic E-state index is 12.1. The molecule has 0 aliphatic carbocycles. The van der Waals surface area contributed by atoms with Crippen molar-refractivity contribution in [2.24, 2.45) is 5.73 Å². The molecular weight excluding hydrogens is 316 g/mol. The summed E-state index contributed by atoms with van der Waals surface area (Å²) in [5.41, 5.74) is 6.56. The zero-order chi connectivity index (χ0) is 17.0. The second-order valence-electron chi connectivity index (χ2n) is 5.32. The molecule has 1 aromatic heterocycles. The first-order valence-electron chi connectivity index (χ1n) is 7.03. The highest BCUT2D eigenvalue weighted by atomic mass is 32.2. The first kappa shape index (κ1) is 17.0. The third-order valence-corrected chi connectivity index (χ3v) is 5.07. The number of nitrogens with two attached hydrogens (primary N) is 1. The highest BCUT2D eigenvalue weighted by molar-refractivity contribution is 7.92. The molecule has 1 unspecified atom stereocenters. The van der Waals surface area contributed by atoms with Crippen LogP contribution >= 0.6 is 0 Å². The van der Waals surface area contributed by atoms with E-state index in [1.807, 2.05) is 30.3 Å². The summed E-state index contributed by atoms with van der Waals surface area (Å²) in [5.74, 6) is -0.901. The van der Waals surface area contributed by atoms with Crippen LogP contribution < -0.4 is 11.3 Å². The van der Waals surface area contributed by atoms with Gasteiger partial charge in [-0.05, 0) is 23.6 Å². The Hall–Kier alpha value is -2.41. The summed E-state index contributed by atoms with van der Waals surface area (Å²) in [6.45, 7) is 0.106. The van der Waals surface area contributed by atoms with Gasteiger partial charge in [-0.25, -0.2) is 8.42 Å². The average molecular weight is 334 g/mol. The lowest BCUT2D eigenvalue weighted by Crippen LogP contribution is -2.36. The smallest absolute Gasteiger partial charge is 0.251 e. The van der Waals surface area contributed by atoms with Crippen LogP contribution in [0.15, 0.2) is 53.5 Å². The number of benzene rings is 1. The maximum absolute atomic E-state index is 12.1. The van der Waals surface area contributed by atoms with Crippen LogP contribution in [0.5, 0.6) is 0 Å². The van der Waals surface area contributed by atoms with Crippen LogP contribution in [0, 0.1) is 0 Å². The Bertz CT molecular complexity index is 857. The number of hydrogen-bond acceptors (Lipinski definition) is 4. The van der Waals surface area contributed by atoms with Crippen molar-refractivity contribution in [1.29, 1.82) is 0 Å². The summed E-state index contributed by atoms with van der Waals surface area (Å²) in [5, 5.41) is -1.29. The Kier molecular flexibility index (Phi) is 5.00. The summed E-state index contributed by atoms with van der Waals surface area (Å²) < 4.78 is 24.4. The van der Waals surface area contributed by atoms with Gasteiger partial charge in [0.25, 0.3) is 5.56 Å². The lowest BCUT2D eigenvalue weighted by molar-refractivity contribution is -0.117. The molecule has 2 rings (SSSR count). The van der Waals surface area contributed by atoms with Crippen molar-refractivity contribution >= 4 is 15.7 Å². The van der Waals surface area contributed by atoms with Gasteiger partial charge >= 0.3 is 0 Å². The molecule has 1 amide bonds. The van der Waals surface area contributed by atoms with Gasteiger partial charge in [0.2, 0.25) is 5.91 Å². The second-order valence-corrected chi connectivity index (χ2v) is 7.55. The van der Waals surface area contributed by atoms with Gasteiger partial charge in [-0.3, -0.25) is 9.59 Å². The predicted octanol–water partition coefficient (Wildman–Crippen LogP) is 0.804. The van der Waals surface area contributed by atoms with Crippen molar-refractivity contribution in [3.8, 4) is 11.1 Å². The Balaban J connectivity index is 2.19. The first-order chi connectivity index (χ1) is 10.8. The van der Waals surface area contributed by atoms with Crippen LogP contribution in [0.3, 0.4) is 0 Å². The molecule has 6 nitrogen and oxygen atoms in total. The minimum absolute atomic E-state index is 0.0290. The van der Waals surface area contributed by atoms with Gasteiger partial charge < -0.3 is 10.3 Å². The number of hydrogen-bond donors (Lipinski definition) is 1. The first-order valence-corrected chi connectivity index (χ1v) is 8.98. The van der Waals surface area contributed by atoms with Crippen molar-refractivity contribution in [1.82, 2.24) is 4.57 Å². The van der Waals surface area contributed by atoms with E-state index in [9.17, 15) is 18.0 Å². The van der Waals surface area contributed by atoms with Gasteiger partial charge in [-0.15, -0.1) is 0 Å². The maximum Gasteiger partial charge on any atom is 0.251 e. The van der Waals surface area contributed by atoms with Crippen molar-refractivity contribution in [3.05, 3.63) is 59.0 Å². The van der Waals surface area contributed by atoms with Gasteiger partial charge in [-0.2, -0.15) is 0 Å². The zero-order valence-electron chi connectivity index (χ0n) is 12.7. The summed E-state index contributed by atoms with van der Waals surface area (Å²) in [6.07, 6.45) is 2.52. The van der Waals surface area contributed by atoms with Crippen molar-refractivity contribution in [2.45, 2.75) is 18.2 Å². The number of primary amides is 1. The third kappa shape index (κ3) is 4.29. The minimum Gasteiger partial charge on any atom is -0.369 e. The summed E-state index contributed by atoms with van der Waals surface area (Å²) >= 11 is 0. The van der Waals surface area contributed by atoms with E-state index in [4.69, 9.17) is 5.73 Å². The number of amides is 1. The van der Waals surface area contributed by atoms with Crippen molar-refractivity contribution in [2.75, 3.05) is 6.26 Å². The Morgan fingerprint density at radius 3 is 2.35 bits per heavy atom. The molecule has 0 spiro atoms. The van der Waals surface area contributed by atoms with E-state index >= 15 is 0 Å². The molecule has 1 aromatic carbocycles. The molecule has 0 saturated carbocycles. The molecule has 1 heterocycles. The topological polar surface area (TPSA) is 99.2 Å². The fraction of sp³-hybridized carbons (Fsp3) is 0.250. The molecule has 0 saturated heterocycles. The third-order valence-electron chi connectivity index (χ3n) is 3.57. The van der Waals surface area contributed by atoms with E-state index in [-0.39, 0.29) is 18.5 Å². The number of sulfone groups is 1. The van der Waals surface area contributed by atoms with Crippen LogP contribution in [-0.2, 0) is 21.2 Å². The Morgan fingerprint density at radius 1 is 1.17 bits per heavy atom. The Labute approximate surface area is 134 Å². The van der Waals surface area contributed by atoms with E-state index in [0.717, 1.165) is 17.4 Å². The highest BCUT2D eigenvalue weighted by Crippen LogP contribution is 2.16. The average Bonchev–Trinajstić information content (AvgIpc) is 2.48. The number of aryl methyl sites for hydroxylation is 1. The van der Waals surface area contributed by atoms with Crippen molar-refractivity contribution in [3.63, 3.8) is 0 Å². The van der Waals surface area contributed by atoms with E-state index in [1.54, 1.807) is 12.3 Å². The highest BCUT2D eigenvalue weighted by Gasteiger charge is 2.26. The van der Waals surface area contributed by atoms with Crippen LogP contribution in [-0.4, -0.2) is 30.4 Å². The monoisotopic (exact) mass is 334 g/mol. The molecule has 2 N–H and O–H groups in total. The molecular formula is C16H18N2O4S. The fourth-order valence-electron chi connectivity index (χ4n) is 2.33. The molecule has 122 valence electrons. The number of pyridine rings is 1. The molecule has 1 atom stereocenters. The van der Waals surface area contributed by atoms with Gasteiger partial charge in [0.1, 0.15) is 5.25 Å². The van der Waals surface area contributed by atoms with Gasteiger partial charge in [-0.1, -0.05) is 30.3 Å². The van der Waals surface area contributed by atoms with E-state index < -0.39 is 21.0 Å². The number of carbonyl (C=O) groups is 1. The summed E-state index contributed by atoms with van der Waals surface area (Å²) in [6, 6.07) is 12.7. The molecule has 0 aliphatic rings. The lowest BCUT2D eigenvalue weighted by Gasteiger charge is -2.12. The van der Waals surface area contributed by atoms with Crippen molar-refractivity contribution < 1.29 is 13.2 Å². The van der Waals surface area contributed by atoms with Crippen LogP contribution in [0.4, 0.5) is 0 Å². The SMILES string of the molecule is CS(=O)(=O)C(CCn1ccc(-c2ccccc2)cc1=O)C(N)=O. The fourth-order valence-corrected chi connectivity index (χ4v) is 3.28. The number of rotatable bonds is 6. The van der Waals surface area contributed by atoms with E-state index in [2.05, 4.69) is 0 Å². The van der Waals surface area contributed by atoms with Crippen LogP contribution in [0.25, 0.3) is 11.1 Å². The molecule has 0 aliphatic heterocycles. The minimum atomic E-state index is -3.59. The Morgan fingerprint density at radius 2 is 1.83 bits per heavy atom. The normalized spacial score (nSPS) is 12.7. The molecule has 2 aromatic rings. The molecule has 7 heteroatoms. The molecule has 0 radical (unpaired) electrons. The molecule has 0 bridgehead atoms. The number of aromatic nitrogens is 1. The standard InChI is InChI=1S/C16H18N2O4S/c1-23(21,22)14(16(17)20)8-10-18-9-7-13(11-15(18)19)12-5-3-2-4-6-12/h2-7,9,11,14H,8,10H2,1H3,(H2,17,20). The number of carbonyl (C=O) groups excluding carboxylic acids is 1. The van der Waals surface area contributed by atoms with Gasteiger partial charge in [0, 0.05) is 25.1 Å².